The first kappa shape index (κ1) is 18.4. The molecule has 1 aliphatic heterocycles. The van der Waals surface area contributed by atoms with E-state index in [2.05, 4.69) is 15.5 Å². The lowest BCUT2D eigenvalue weighted by atomic mass is 10.2. The number of hydrogen-bond donors (Lipinski definition) is 2. The zero-order valence-electron chi connectivity index (χ0n) is 14.9. The van der Waals surface area contributed by atoms with Crippen molar-refractivity contribution in [1.82, 2.24) is 15.1 Å². The van der Waals surface area contributed by atoms with Gasteiger partial charge >= 0.3 is 6.03 Å². The van der Waals surface area contributed by atoms with Crippen molar-refractivity contribution in [1.29, 1.82) is 0 Å². The average Bonchev–Trinajstić information content (AvgIpc) is 3.18. The molecule has 2 aromatic rings. The normalized spacial score (nSPS) is 14.9. The van der Waals surface area contributed by atoms with Crippen LogP contribution in [0.4, 0.5) is 10.5 Å². The molecule has 26 heavy (non-hydrogen) atoms. The van der Waals surface area contributed by atoms with E-state index in [0.29, 0.717) is 6.54 Å². The zero-order chi connectivity index (χ0) is 18.4. The number of benzene rings is 1. The molecule has 3 rings (SSSR count). The Labute approximate surface area is 157 Å². The van der Waals surface area contributed by atoms with Crippen molar-refractivity contribution in [3.8, 4) is 0 Å². The highest BCUT2D eigenvalue weighted by atomic mass is 32.1. The summed E-state index contributed by atoms with van der Waals surface area (Å²) in [5.41, 5.74) is 1.95. The van der Waals surface area contributed by atoms with E-state index in [1.807, 2.05) is 53.6 Å². The van der Waals surface area contributed by atoms with E-state index in [1.165, 1.54) is 11.3 Å². The Morgan fingerprint density at radius 2 is 1.81 bits per heavy atom. The number of nitrogens with zero attached hydrogens (tertiary/aromatic N) is 2. The summed E-state index contributed by atoms with van der Waals surface area (Å²) in [4.78, 5) is 29.2. The van der Waals surface area contributed by atoms with E-state index in [0.717, 1.165) is 48.9 Å². The molecule has 0 bridgehead atoms. The lowest BCUT2D eigenvalue weighted by molar-refractivity contribution is 0.0644. The predicted octanol–water partition coefficient (Wildman–Crippen LogP) is 2.64. The van der Waals surface area contributed by atoms with Crippen LogP contribution in [-0.4, -0.2) is 61.0 Å². The number of carbonyl (C=O) groups excluding carboxylic acids is 2. The fourth-order valence-electron chi connectivity index (χ4n) is 2.87. The molecule has 0 spiro atoms. The molecule has 0 unspecified atom stereocenters. The third-order valence-corrected chi connectivity index (χ3v) is 5.27. The number of aryl methyl sites for hydroxylation is 1. The second-order valence-electron chi connectivity index (χ2n) is 6.36. The fraction of sp³-hybridized carbons (Fsp3) is 0.368. The van der Waals surface area contributed by atoms with Crippen LogP contribution in [0.3, 0.4) is 0 Å². The lowest BCUT2D eigenvalue weighted by Gasteiger charge is -2.34. The van der Waals surface area contributed by atoms with Gasteiger partial charge in [-0.3, -0.25) is 9.69 Å². The molecule has 1 aromatic heterocycles. The lowest BCUT2D eigenvalue weighted by Crippen LogP contribution is -2.50. The van der Waals surface area contributed by atoms with Crippen LogP contribution in [0, 0.1) is 6.92 Å². The average molecular weight is 372 g/mol. The van der Waals surface area contributed by atoms with Crippen LogP contribution in [-0.2, 0) is 0 Å². The second-order valence-corrected chi connectivity index (χ2v) is 7.31. The maximum Gasteiger partial charge on any atom is 0.319 e. The Morgan fingerprint density at radius 3 is 2.46 bits per heavy atom. The van der Waals surface area contributed by atoms with Gasteiger partial charge in [-0.15, -0.1) is 11.3 Å². The molecule has 1 fully saturated rings. The summed E-state index contributed by atoms with van der Waals surface area (Å²) in [7, 11) is 0. The molecule has 0 atom stereocenters. The molecule has 1 aromatic carbocycles. The summed E-state index contributed by atoms with van der Waals surface area (Å²) < 4.78 is 0. The third kappa shape index (κ3) is 5.06. The van der Waals surface area contributed by atoms with Gasteiger partial charge in [-0.05, 0) is 30.5 Å². The quantitative estimate of drug-likeness (QED) is 0.848. The maximum absolute atomic E-state index is 12.3. The molecule has 7 heteroatoms. The van der Waals surface area contributed by atoms with Crippen molar-refractivity contribution in [2.75, 3.05) is 44.6 Å². The first-order chi connectivity index (χ1) is 12.6. The van der Waals surface area contributed by atoms with Crippen LogP contribution in [0.25, 0.3) is 0 Å². The highest BCUT2D eigenvalue weighted by molar-refractivity contribution is 7.12. The van der Waals surface area contributed by atoms with Crippen LogP contribution in [0.15, 0.2) is 41.8 Å². The number of thiophene rings is 1. The molecular weight excluding hydrogens is 348 g/mol. The number of nitrogens with one attached hydrogen (secondary N) is 2. The highest BCUT2D eigenvalue weighted by Crippen LogP contribution is 2.13. The number of amides is 3. The van der Waals surface area contributed by atoms with E-state index in [4.69, 9.17) is 0 Å². The van der Waals surface area contributed by atoms with Gasteiger partial charge in [-0.1, -0.05) is 23.8 Å². The molecule has 0 saturated carbocycles. The van der Waals surface area contributed by atoms with Gasteiger partial charge in [-0.2, -0.15) is 0 Å². The van der Waals surface area contributed by atoms with Crippen molar-refractivity contribution in [3.63, 3.8) is 0 Å². The minimum atomic E-state index is -0.194. The van der Waals surface area contributed by atoms with Gasteiger partial charge in [0.25, 0.3) is 5.91 Å². The van der Waals surface area contributed by atoms with Gasteiger partial charge in [0, 0.05) is 45.0 Å². The number of hydrogen-bond acceptors (Lipinski definition) is 4. The third-order valence-electron chi connectivity index (χ3n) is 4.41. The number of carbonyl (C=O) groups is 2. The number of piperazine rings is 1. The van der Waals surface area contributed by atoms with E-state index < -0.39 is 0 Å². The van der Waals surface area contributed by atoms with Gasteiger partial charge in [0.05, 0.1) is 4.88 Å². The number of rotatable bonds is 5. The van der Waals surface area contributed by atoms with Crippen molar-refractivity contribution in [3.05, 3.63) is 52.2 Å². The van der Waals surface area contributed by atoms with E-state index in [1.54, 1.807) is 0 Å². The summed E-state index contributed by atoms with van der Waals surface area (Å²) in [5.74, 6) is 0.121. The van der Waals surface area contributed by atoms with E-state index in [9.17, 15) is 9.59 Å². The van der Waals surface area contributed by atoms with Crippen LogP contribution in [0.5, 0.6) is 0 Å². The zero-order valence-corrected chi connectivity index (χ0v) is 15.7. The van der Waals surface area contributed by atoms with Gasteiger partial charge in [0.15, 0.2) is 0 Å². The number of urea groups is 1. The highest BCUT2D eigenvalue weighted by Gasteiger charge is 2.22. The SMILES string of the molecule is Cc1ccc(NC(=O)NCCN2CCN(C(=O)c3cccs3)CC2)cc1. The molecule has 0 aliphatic carbocycles. The van der Waals surface area contributed by atoms with Crippen LogP contribution in [0.1, 0.15) is 15.2 Å². The van der Waals surface area contributed by atoms with Gasteiger partial charge < -0.3 is 15.5 Å². The molecule has 3 amide bonds. The smallest absolute Gasteiger partial charge is 0.319 e. The first-order valence-corrected chi connectivity index (χ1v) is 9.66. The van der Waals surface area contributed by atoms with Crippen LogP contribution >= 0.6 is 11.3 Å². The fourth-order valence-corrected chi connectivity index (χ4v) is 3.56. The molecule has 1 aliphatic rings. The van der Waals surface area contributed by atoms with Crippen LogP contribution in [0.2, 0.25) is 0 Å². The predicted molar refractivity (Wildman–Crippen MR) is 105 cm³/mol. The molecule has 2 N–H and O–H groups in total. The summed E-state index contributed by atoms with van der Waals surface area (Å²) >= 11 is 1.48. The Kier molecular flexibility index (Phi) is 6.25. The summed E-state index contributed by atoms with van der Waals surface area (Å²) in [6.07, 6.45) is 0. The van der Waals surface area contributed by atoms with Gasteiger partial charge in [-0.25, -0.2) is 4.79 Å². The monoisotopic (exact) mass is 372 g/mol. The Bertz CT molecular complexity index is 723. The van der Waals surface area contributed by atoms with Crippen molar-refractivity contribution in [2.24, 2.45) is 0 Å². The summed E-state index contributed by atoms with van der Waals surface area (Å²) in [6, 6.07) is 11.3. The van der Waals surface area contributed by atoms with Gasteiger partial charge in [0.1, 0.15) is 0 Å². The van der Waals surface area contributed by atoms with Gasteiger partial charge in [0.2, 0.25) is 0 Å². The molecule has 6 nitrogen and oxygen atoms in total. The molecular formula is C19H24N4O2S. The Hall–Kier alpha value is -2.38. The Morgan fingerprint density at radius 1 is 1.08 bits per heavy atom. The number of anilines is 1. The molecule has 138 valence electrons. The molecule has 1 saturated heterocycles. The van der Waals surface area contributed by atoms with E-state index >= 15 is 0 Å². The van der Waals surface area contributed by atoms with E-state index in [-0.39, 0.29) is 11.9 Å². The largest absolute Gasteiger partial charge is 0.337 e. The maximum atomic E-state index is 12.3. The minimum Gasteiger partial charge on any atom is -0.337 e. The second kappa shape index (κ2) is 8.82. The van der Waals surface area contributed by atoms with Crippen molar-refractivity contribution < 1.29 is 9.59 Å². The summed E-state index contributed by atoms with van der Waals surface area (Å²) in [6.45, 7) is 6.49. The van der Waals surface area contributed by atoms with Crippen molar-refractivity contribution in [2.45, 2.75) is 6.92 Å². The standard InChI is InChI=1S/C19H24N4O2S/c1-15-4-6-16(7-5-15)21-19(25)20-8-9-22-10-12-23(13-11-22)18(24)17-3-2-14-26-17/h2-7,14H,8-13H2,1H3,(H2,20,21,25). The molecule has 2 heterocycles. The van der Waals surface area contributed by atoms with Crippen molar-refractivity contribution >= 4 is 29.0 Å². The summed E-state index contributed by atoms with van der Waals surface area (Å²) in [5, 5.41) is 7.63. The first-order valence-electron chi connectivity index (χ1n) is 8.78. The Balaban J connectivity index is 1.34. The molecule has 0 radical (unpaired) electrons. The minimum absolute atomic E-state index is 0.121. The topological polar surface area (TPSA) is 64.7 Å². The van der Waals surface area contributed by atoms with Crippen LogP contribution < -0.4 is 10.6 Å².